The lowest BCUT2D eigenvalue weighted by atomic mass is 9.77. The van der Waals surface area contributed by atoms with E-state index in [4.69, 9.17) is 5.11 Å². The molecule has 0 spiro atoms. The third kappa shape index (κ3) is 1.47. The molecule has 0 aromatic carbocycles. The highest BCUT2D eigenvalue weighted by Crippen LogP contribution is 2.60. The molecule has 13 heavy (non-hydrogen) atoms. The van der Waals surface area contributed by atoms with Crippen LogP contribution in [0.3, 0.4) is 0 Å². The van der Waals surface area contributed by atoms with E-state index in [2.05, 4.69) is 6.92 Å². The fourth-order valence-electron chi connectivity index (χ4n) is 2.96. The van der Waals surface area contributed by atoms with Gasteiger partial charge in [-0.2, -0.15) is 0 Å². The molecule has 2 atom stereocenters. The van der Waals surface area contributed by atoms with Gasteiger partial charge in [0.1, 0.15) is 0 Å². The van der Waals surface area contributed by atoms with Crippen molar-refractivity contribution in [3.8, 4) is 0 Å². The van der Waals surface area contributed by atoms with Crippen LogP contribution in [0.4, 0.5) is 0 Å². The fraction of sp³-hybridized carbons (Fsp3) is 0.909. The number of carbonyl (C=O) groups is 1. The first-order valence-corrected chi connectivity index (χ1v) is 5.37. The zero-order valence-electron chi connectivity index (χ0n) is 8.25. The molecule has 0 heterocycles. The average Bonchev–Trinajstić information content (AvgIpc) is 2.82. The summed E-state index contributed by atoms with van der Waals surface area (Å²) in [6, 6.07) is 0. The summed E-state index contributed by atoms with van der Waals surface area (Å²) in [4.78, 5) is 10.8. The smallest absolute Gasteiger partial charge is 0.307 e. The molecule has 2 fully saturated rings. The van der Waals surface area contributed by atoms with Crippen molar-refractivity contribution in [1.29, 1.82) is 0 Å². The first kappa shape index (κ1) is 9.04. The van der Waals surface area contributed by atoms with Crippen LogP contribution in [-0.4, -0.2) is 11.1 Å². The first-order valence-electron chi connectivity index (χ1n) is 5.37. The monoisotopic (exact) mass is 182 g/mol. The Kier molecular flexibility index (Phi) is 2.09. The van der Waals surface area contributed by atoms with Crippen LogP contribution in [0.5, 0.6) is 0 Å². The molecule has 74 valence electrons. The third-order valence-corrected chi connectivity index (χ3v) is 4.12. The van der Waals surface area contributed by atoms with E-state index >= 15 is 0 Å². The quantitative estimate of drug-likeness (QED) is 0.713. The van der Waals surface area contributed by atoms with E-state index in [1.165, 1.54) is 32.1 Å². The maximum Gasteiger partial charge on any atom is 0.307 e. The van der Waals surface area contributed by atoms with Crippen molar-refractivity contribution in [2.45, 2.75) is 45.4 Å². The van der Waals surface area contributed by atoms with E-state index in [-0.39, 0.29) is 11.3 Å². The summed E-state index contributed by atoms with van der Waals surface area (Å²) < 4.78 is 0. The molecule has 2 saturated carbocycles. The second-order valence-electron chi connectivity index (χ2n) is 4.94. The number of hydrogen-bond acceptors (Lipinski definition) is 1. The molecule has 0 saturated heterocycles. The second kappa shape index (κ2) is 3.00. The van der Waals surface area contributed by atoms with Crippen LogP contribution in [0.25, 0.3) is 0 Å². The first-order chi connectivity index (χ1) is 6.14. The summed E-state index contributed by atoms with van der Waals surface area (Å²) >= 11 is 0. The summed E-state index contributed by atoms with van der Waals surface area (Å²) in [5.74, 6) is 0.0889. The largest absolute Gasteiger partial charge is 0.481 e. The van der Waals surface area contributed by atoms with Gasteiger partial charge in [-0.1, -0.05) is 26.2 Å². The molecule has 2 aliphatic rings. The number of carboxylic acids is 1. The molecular formula is C11H18O2. The molecule has 2 aliphatic carbocycles. The Hall–Kier alpha value is -0.530. The molecule has 0 radical (unpaired) electrons. The lowest BCUT2D eigenvalue weighted by Gasteiger charge is -2.28. The molecule has 0 aromatic rings. The summed E-state index contributed by atoms with van der Waals surface area (Å²) in [5.41, 5.74) is 0.159. The van der Waals surface area contributed by atoms with Gasteiger partial charge in [0.15, 0.2) is 0 Å². The number of rotatable bonds is 2. The summed E-state index contributed by atoms with van der Waals surface area (Å²) in [6.07, 6.45) is 7.43. The predicted octanol–water partition coefficient (Wildman–Crippen LogP) is 2.68. The van der Waals surface area contributed by atoms with Gasteiger partial charge in [-0.3, -0.25) is 4.79 Å². The molecule has 0 unspecified atom stereocenters. The van der Waals surface area contributed by atoms with Gasteiger partial charge < -0.3 is 5.11 Å². The van der Waals surface area contributed by atoms with Crippen LogP contribution in [0.15, 0.2) is 0 Å². The van der Waals surface area contributed by atoms with Crippen LogP contribution >= 0.6 is 0 Å². The molecule has 0 aliphatic heterocycles. The normalized spacial score (nSPS) is 40.2. The van der Waals surface area contributed by atoms with Gasteiger partial charge in [-0.05, 0) is 30.6 Å². The minimum absolute atomic E-state index is 0.0319. The zero-order chi connectivity index (χ0) is 9.47. The minimum atomic E-state index is -0.576. The molecule has 2 nitrogen and oxygen atoms in total. The van der Waals surface area contributed by atoms with E-state index < -0.39 is 5.97 Å². The summed E-state index contributed by atoms with van der Waals surface area (Å²) in [6.45, 7) is 2.17. The van der Waals surface area contributed by atoms with Crippen molar-refractivity contribution in [2.75, 3.05) is 0 Å². The SMILES string of the molecule is C[C@]1(C2CCCCC2)C[C@@H]1C(=O)O. The Morgan fingerprint density at radius 1 is 1.31 bits per heavy atom. The van der Waals surface area contributed by atoms with Gasteiger partial charge in [0.2, 0.25) is 0 Å². The highest BCUT2D eigenvalue weighted by atomic mass is 16.4. The van der Waals surface area contributed by atoms with Crippen molar-refractivity contribution < 1.29 is 9.90 Å². The van der Waals surface area contributed by atoms with Gasteiger partial charge in [-0.25, -0.2) is 0 Å². The molecule has 0 aromatic heterocycles. The highest BCUT2D eigenvalue weighted by Gasteiger charge is 2.58. The van der Waals surface area contributed by atoms with Crippen LogP contribution in [0, 0.1) is 17.3 Å². The van der Waals surface area contributed by atoms with Crippen molar-refractivity contribution in [3.05, 3.63) is 0 Å². The Balaban J connectivity index is 1.97. The molecule has 0 bridgehead atoms. The zero-order valence-corrected chi connectivity index (χ0v) is 8.25. The van der Waals surface area contributed by atoms with Crippen molar-refractivity contribution in [1.82, 2.24) is 0 Å². The van der Waals surface area contributed by atoms with Crippen molar-refractivity contribution >= 4 is 5.97 Å². The van der Waals surface area contributed by atoms with Crippen LogP contribution < -0.4 is 0 Å². The molecule has 2 rings (SSSR count). The van der Waals surface area contributed by atoms with E-state index in [9.17, 15) is 4.79 Å². The molecule has 2 heteroatoms. The van der Waals surface area contributed by atoms with Crippen molar-refractivity contribution in [2.24, 2.45) is 17.3 Å². The summed E-state index contributed by atoms with van der Waals surface area (Å²) in [5, 5.41) is 8.92. The third-order valence-electron chi connectivity index (χ3n) is 4.12. The Morgan fingerprint density at radius 2 is 1.92 bits per heavy atom. The van der Waals surface area contributed by atoms with E-state index in [1.54, 1.807) is 0 Å². The maximum absolute atomic E-state index is 10.8. The van der Waals surface area contributed by atoms with Gasteiger partial charge in [0, 0.05) is 0 Å². The Morgan fingerprint density at radius 3 is 2.38 bits per heavy atom. The number of hydrogen-bond donors (Lipinski definition) is 1. The number of aliphatic carboxylic acids is 1. The second-order valence-corrected chi connectivity index (χ2v) is 4.94. The van der Waals surface area contributed by atoms with Gasteiger partial charge in [0.25, 0.3) is 0 Å². The van der Waals surface area contributed by atoms with E-state index in [0.29, 0.717) is 5.92 Å². The maximum atomic E-state index is 10.8. The molecule has 0 amide bonds. The Bertz CT molecular complexity index is 218. The van der Waals surface area contributed by atoms with E-state index in [1.807, 2.05) is 0 Å². The predicted molar refractivity (Wildman–Crippen MR) is 50.4 cm³/mol. The lowest BCUT2D eigenvalue weighted by molar-refractivity contribution is -0.139. The fourth-order valence-corrected chi connectivity index (χ4v) is 2.96. The molecular weight excluding hydrogens is 164 g/mol. The standard InChI is InChI=1S/C11H18O2/c1-11(7-9(11)10(12)13)8-5-3-2-4-6-8/h8-9H,2-7H2,1H3,(H,12,13)/t9-,11-/m1/s1. The summed E-state index contributed by atoms with van der Waals surface area (Å²) in [7, 11) is 0. The minimum Gasteiger partial charge on any atom is -0.481 e. The van der Waals surface area contributed by atoms with Gasteiger partial charge in [0.05, 0.1) is 5.92 Å². The highest BCUT2D eigenvalue weighted by molar-refractivity contribution is 5.74. The van der Waals surface area contributed by atoms with Gasteiger partial charge in [-0.15, -0.1) is 0 Å². The van der Waals surface area contributed by atoms with Crippen LogP contribution in [-0.2, 0) is 4.79 Å². The average molecular weight is 182 g/mol. The van der Waals surface area contributed by atoms with Crippen LogP contribution in [0.1, 0.15) is 45.4 Å². The van der Waals surface area contributed by atoms with Crippen LogP contribution in [0.2, 0.25) is 0 Å². The van der Waals surface area contributed by atoms with E-state index in [0.717, 1.165) is 6.42 Å². The van der Waals surface area contributed by atoms with Crippen molar-refractivity contribution in [3.63, 3.8) is 0 Å². The number of carboxylic acid groups (broad SMARTS) is 1. The van der Waals surface area contributed by atoms with Gasteiger partial charge >= 0.3 is 5.97 Å². The lowest BCUT2D eigenvalue weighted by Crippen LogP contribution is -2.20. The Labute approximate surface area is 79.3 Å². The topological polar surface area (TPSA) is 37.3 Å². The molecule has 1 N–H and O–H groups in total.